The van der Waals surface area contributed by atoms with E-state index in [0.717, 1.165) is 48.5 Å². The average molecular weight is 526 g/mol. The Balaban J connectivity index is 1.17. The summed E-state index contributed by atoms with van der Waals surface area (Å²) in [4.78, 5) is 22.2. The van der Waals surface area contributed by atoms with Crippen LogP contribution < -0.4 is 9.64 Å². The van der Waals surface area contributed by atoms with Gasteiger partial charge in [-0.15, -0.1) is 0 Å². The Morgan fingerprint density at radius 3 is 2.51 bits per heavy atom. The summed E-state index contributed by atoms with van der Waals surface area (Å²) in [6.45, 7) is 2.64. The van der Waals surface area contributed by atoms with Crippen LogP contribution in [0.1, 0.15) is 24.3 Å². The van der Waals surface area contributed by atoms with Crippen molar-refractivity contribution in [2.24, 2.45) is 5.92 Å². The van der Waals surface area contributed by atoms with Gasteiger partial charge in [0.15, 0.2) is 0 Å². The Bertz CT molecular complexity index is 1380. The zero-order chi connectivity index (χ0) is 26.2. The second-order valence-corrected chi connectivity index (χ2v) is 11.8. The molecule has 0 bridgehead atoms. The van der Waals surface area contributed by atoms with E-state index in [1.165, 1.54) is 18.4 Å². The van der Waals surface area contributed by atoms with Gasteiger partial charge in [-0.1, -0.05) is 5.16 Å². The second-order valence-electron chi connectivity index (χ2n) is 9.61. The Kier molecular flexibility index (Phi) is 7.02. The lowest BCUT2D eigenvalue weighted by atomic mass is 9.95. The van der Waals surface area contributed by atoms with Crippen LogP contribution in [0.2, 0.25) is 0 Å². The van der Waals surface area contributed by atoms with E-state index >= 15 is 0 Å². The highest BCUT2D eigenvalue weighted by Crippen LogP contribution is 2.33. The molecule has 2 aromatic carbocycles. The van der Waals surface area contributed by atoms with Crippen LogP contribution in [0.15, 0.2) is 51.9 Å². The molecule has 0 radical (unpaired) electrons. The molecule has 1 fully saturated rings. The number of sulfonamides is 1. The van der Waals surface area contributed by atoms with Gasteiger partial charge in [0.25, 0.3) is 0 Å². The van der Waals surface area contributed by atoms with Crippen molar-refractivity contribution < 1.29 is 22.5 Å². The molecule has 1 amide bonds. The highest BCUT2D eigenvalue weighted by atomic mass is 32.2. The minimum atomic E-state index is -3.50. The SMILES string of the molecule is COc1ccc(-c2noc(CN3CCC(C(=O)N4CCc5cc(S(=O)(=O)N(C)C)ccc54)CC3)n2)cc1. The summed E-state index contributed by atoms with van der Waals surface area (Å²) in [6.07, 6.45) is 2.15. The Morgan fingerprint density at radius 2 is 1.84 bits per heavy atom. The number of fused-ring (bicyclic) bond motifs is 1. The predicted molar refractivity (Wildman–Crippen MR) is 138 cm³/mol. The number of aromatic nitrogens is 2. The van der Waals surface area contributed by atoms with E-state index in [4.69, 9.17) is 9.26 Å². The molecule has 3 heterocycles. The molecule has 37 heavy (non-hydrogen) atoms. The van der Waals surface area contributed by atoms with E-state index in [-0.39, 0.29) is 16.7 Å². The third kappa shape index (κ3) is 5.11. The average Bonchev–Trinajstić information content (AvgIpc) is 3.55. The largest absolute Gasteiger partial charge is 0.497 e. The monoisotopic (exact) mass is 525 g/mol. The van der Waals surface area contributed by atoms with Crippen molar-refractivity contribution >= 4 is 21.6 Å². The topological polar surface area (TPSA) is 109 Å². The van der Waals surface area contributed by atoms with Crippen molar-refractivity contribution in [2.75, 3.05) is 45.7 Å². The van der Waals surface area contributed by atoms with E-state index in [0.29, 0.717) is 31.2 Å². The molecule has 11 heteroatoms. The van der Waals surface area contributed by atoms with Crippen molar-refractivity contribution in [1.82, 2.24) is 19.3 Å². The number of anilines is 1. The molecule has 0 N–H and O–H groups in total. The summed E-state index contributed by atoms with van der Waals surface area (Å²) < 4.78 is 36.8. The van der Waals surface area contributed by atoms with E-state index in [9.17, 15) is 13.2 Å². The number of likely N-dealkylation sites (tertiary alicyclic amines) is 1. The number of benzene rings is 2. The van der Waals surface area contributed by atoms with Crippen LogP contribution in [-0.4, -0.2) is 74.5 Å². The smallest absolute Gasteiger partial charge is 0.242 e. The quantitative estimate of drug-likeness (QED) is 0.463. The summed E-state index contributed by atoms with van der Waals surface area (Å²) in [7, 11) is 1.15. The summed E-state index contributed by atoms with van der Waals surface area (Å²) >= 11 is 0. The number of carbonyl (C=O) groups excluding carboxylic acids is 1. The third-order valence-electron chi connectivity index (χ3n) is 7.10. The molecule has 0 aliphatic carbocycles. The zero-order valence-electron chi connectivity index (χ0n) is 21.3. The lowest BCUT2D eigenvalue weighted by Crippen LogP contribution is -2.42. The number of hydrogen-bond donors (Lipinski definition) is 0. The van der Waals surface area contributed by atoms with Crippen molar-refractivity contribution in [1.29, 1.82) is 0 Å². The van der Waals surface area contributed by atoms with E-state index < -0.39 is 10.0 Å². The molecule has 0 saturated carbocycles. The fourth-order valence-corrected chi connectivity index (χ4v) is 5.86. The van der Waals surface area contributed by atoms with E-state index in [1.807, 2.05) is 29.2 Å². The fourth-order valence-electron chi connectivity index (χ4n) is 4.90. The molecule has 3 aromatic rings. The van der Waals surface area contributed by atoms with Crippen LogP contribution in [-0.2, 0) is 27.8 Å². The standard InChI is InChI=1S/C26H31N5O5S/c1-29(2)37(33,34)22-8-9-23-20(16-22)12-15-31(23)26(32)19-10-13-30(14-11-19)17-24-27-25(28-36-24)18-4-6-21(35-3)7-5-18/h4-9,16,19H,10-15,17H2,1-3H3. The first-order valence-corrected chi connectivity index (χ1v) is 13.8. The van der Waals surface area contributed by atoms with Crippen molar-refractivity contribution in [3.8, 4) is 17.1 Å². The van der Waals surface area contributed by atoms with Gasteiger partial charge in [0.1, 0.15) is 5.75 Å². The molecular formula is C26H31N5O5S. The first-order chi connectivity index (χ1) is 17.8. The third-order valence-corrected chi connectivity index (χ3v) is 8.91. The summed E-state index contributed by atoms with van der Waals surface area (Å²) in [5, 5.41) is 4.10. The number of amides is 1. The summed E-state index contributed by atoms with van der Waals surface area (Å²) in [5.74, 6) is 1.90. The Morgan fingerprint density at radius 1 is 1.11 bits per heavy atom. The number of piperidine rings is 1. The molecular weight excluding hydrogens is 494 g/mol. The minimum absolute atomic E-state index is 0.0649. The molecule has 0 unspecified atom stereocenters. The van der Waals surface area contributed by atoms with Gasteiger partial charge >= 0.3 is 0 Å². The predicted octanol–water partition coefficient (Wildman–Crippen LogP) is 2.80. The lowest BCUT2D eigenvalue weighted by Gasteiger charge is -2.32. The van der Waals surface area contributed by atoms with Gasteiger partial charge < -0.3 is 14.2 Å². The number of ether oxygens (including phenoxy) is 1. The van der Waals surface area contributed by atoms with E-state index in [2.05, 4.69) is 15.0 Å². The fraction of sp³-hybridized carbons (Fsp3) is 0.423. The van der Waals surface area contributed by atoms with Gasteiger partial charge in [0, 0.05) is 37.8 Å². The number of rotatable bonds is 7. The number of hydrogen-bond acceptors (Lipinski definition) is 8. The van der Waals surface area contributed by atoms with Crippen LogP contribution in [0.25, 0.3) is 11.4 Å². The highest BCUT2D eigenvalue weighted by Gasteiger charge is 2.33. The first-order valence-electron chi connectivity index (χ1n) is 12.3. The maximum Gasteiger partial charge on any atom is 0.242 e. The lowest BCUT2D eigenvalue weighted by molar-refractivity contribution is -0.123. The summed E-state index contributed by atoms with van der Waals surface area (Å²) in [6, 6.07) is 12.6. The number of methoxy groups -OCH3 is 1. The first kappa shape index (κ1) is 25.4. The maximum atomic E-state index is 13.4. The van der Waals surface area contributed by atoms with Gasteiger partial charge in [-0.25, -0.2) is 12.7 Å². The van der Waals surface area contributed by atoms with Gasteiger partial charge in [-0.05, 0) is 80.4 Å². The molecule has 196 valence electrons. The van der Waals surface area contributed by atoms with Crippen molar-refractivity contribution in [3.05, 3.63) is 53.9 Å². The Labute approximate surface area is 216 Å². The molecule has 10 nitrogen and oxygen atoms in total. The molecule has 0 atom stereocenters. The molecule has 2 aliphatic rings. The van der Waals surface area contributed by atoms with Crippen molar-refractivity contribution in [2.45, 2.75) is 30.7 Å². The van der Waals surface area contributed by atoms with E-state index in [1.54, 1.807) is 25.3 Å². The molecule has 2 aliphatic heterocycles. The normalized spacial score (nSPS) is 16.8. The highest BCUT2D eigenvalue weighted by molar-refractivity contribution is 7.89. The van der Waals surface area contributed by atoms with Crippen LogP contribution in [0.4, 0.5) is 5.69 Å². The zero-order valence-corrected chi connectivity index (χ0v) is 22.1. The van der Waals surface area contributed by atoms with Crippen LogP contribution >= 0.6 is 0 Å². The minimum Gasteiger partial charge on any atom is -0.497 e. The molecule has 0 spiro atoms. The number of nitrogens with zero attached hydrogens (tertiary/aromatic N) is 5. The van der Waals surface area contributed by atoms with Crippen LogP contribution in [0, 0.1) is 5.92 Å². The molecule has 1 aromatic heterocycles. The molecule has 1 saturated heterocycles. The second kappa shape index (κ2) is 10.2. The van der Waals surface area contributed by atoms with Gasteiger partial charge in [-0.3, -0.25) is 9.69 Å². The van der Waals surface area contributed by atoms with Gasteiger partial charge in [-0.2, -0.15) is 4.98 Å². The molecule has 5 rings (SSSR count). The Hall–Kier alpha value is -3.28. The van der Waals surface area contributed by atoms with Crippen molar-refractivity contribution in [3.63, 3.8) is 0 Å². The van der Waals surface area contributed by atoms with Crippen LogP contribution in [0.3, 0.4) is 0 Å². The van der Waals surface area contributed by atoms with Gasteiger partial charge in [0.05, 0.1) is 18.6 Å². The van der Waals surface area contributed by atoms with Gasteiger partial charge in [0.2, 0.25) is 27.6 Å². The van der Waals surface area contributed by atoms with Crippen LogP contribution in [0.5, 0.6) is 5.75 Å². The number of carbonyl (C=O) groups is 1. The maximum absolute atomic E-state index is 13.4. The summed E-state index contributed by atoms with van der Waals surface area (Å²) in [5.41, 5.74) is 2.58.